The second kappa shape index (κ2) is 4.56. The lowest BCUT2D eigenvalue weighted by Crippen LogP contribution is -2.05. The first-order valence-electron chi connectivity index (χ1n) is 6.24. The van der Waals surface area contributed by atoms with Crippen LogP contribution in [-0.4, -0.2) is 12.0 Å². The number of hydrogen-bond acceptors (Lipinski definition) is 2. The number of hydrogen-bond donors (Lipinski definition) is 1. The fourth-order valence-electron chi connectivity index (χ4n) is 2.60. The smallest absolute Gasteiger partial charge is 0.149 e. The molecule has 0 bridgehead atoms. The summed E-state index contributed by atoms with van der Waals surface area (Å²) in [6, 6.07) is 3.29. The van der Waals surface area contributed by atoms with E-state index in [4.69, 9.17) is 0 Å². The molecule has 0 fully saturated rings. The van der Waals surface area contributed by atoms with Crippen LogP contribution in [0.2, 0.25) is 0 Å². The Morgan fingerprint density at radius 3 is 2.44 bits per heavy atom. The Bertz CT molecular complexity index is 603. The van der Waals surface area contributed by atoms with E-state index in [2.05, 4.69) is 24.1 Å². The van der Waals surface area contributed by atoms with Crippen molar-refractivity contribution in [1.82, 2.24) is 4.98 Å². The van der Waals surface area contributed by atoms with Crippen LogP contribution in [0, 0.1) is 19.7 Å². The van der Waals surface area contributed by atoms with Crippen molar-refractivity contribution >= 4 is 16.6 Å². The zero-order valence-electron chi connectivity index (χ0n) is 11.6. The summed E-state index contributed by atoms with van der Waals surface area (Å²) in [6.45, 7) is 8.19. The van der Waals surface area contributed by atoms with E-state index in [1.807, 2.05) is 20.9 Å². The number of nitrogens with one attached hydrogen (secondary N) is 1. The normalized spacial score (nSPS) is 11.3. The van der Waals surface area contributed by atoms with Crippen molar-refractivity contribution in [3.63, 3.8) is 0 Å². The van der Waals surface area contributed by atoms with Crippen molar-refractivity contribution in [2.24, 2.45) is 0 Å². The van der Waals surface area contributed by atoms with Crippen LogP contribution in [0.25, 0.3) is 10.9 Å². The Balaban J connectivity index is 2.99. The third kappa shape index (κ3) is 1.84. The largest absolute Gasteiger partial charge is 0.387 e. The SMILES string of the molecule is CNc1c(C(C)C)c(C)nc2c(F)ccc(C)c12. The van der Waals surface area contributed by atoms with Crippen LogP contribution >= 0.6 is 0 Å². The molecule has 0 radical (unpaired) electrons. The molecule has 0 saturated carbocycles. The Morgan fingerprint density at radius 2 is 1.89 bits per heavy atom. The van der Waals surface area contributed by atoms with Gasteiger partial charge in [-0.2, -0.15) is 0 Å². The highest BCUT2D eigenvalue weighted by atomic mass is 19.1. The molecule has 0 unspecified atom stereocenters. The molecule has 0 aliphatic rings. The van der Waals surface area contributed by atoms with Gasteiger partial charge in [0.15, 0.2) is 0 Å². The quantitative estimate of drug-likeness (QED) is 0.860. The molecule has 2 nitrogen and oxygen atoms in total. The van der Waals surface area contributed by atoms with Gasteiger partial charge in [0, 0.05) is 23.8 Å². The number of pyridine rings is 1. The lowest BCUT2D eigenvalue weighted by Gasteiger charge is -2.19. The molecule has 0 atom stereocenters. The fraction of sp³-hybridized carbons (Fsp3) is 0.400. The number of nitrogens with zero attached hydrogens (tertiary/aromatic N) is 1. The summed E-state index contributed by atoms with van der Waals surface area (Å²) < 4.78 is 13.9. The molecule has 0 amide bonds. The molecule has 96 valence electrons. The molecule has 2 rings (SSSR count). The van der Waals surface area contributed by atoms with E-state index in [0.717, 1.165) is 22.3 Å². The molecule has 0 saturated heterocycles. The summed E-state index contributed by atoms with van der Waals surface area (Å²) in [5, 5.41) is 4.12. The predicted octanol–water partition coefficient (Wildman–Crippen LogP) is 4.16. The van der Waals surface area contributed by atoms with Crippen LogP contribution in [0.5, 0.6) is 0 Å². The van der Waals surface area contributed by atoms with Crippen molar-refractivity contribution in [2.75, 3.05) is 12.4 Å². The third-order valence-electron chi connectivity index (χ3n) is 3.35. The number of aryl methyl sites for hydroxylation is 2. The first-order chi connectivity index (χ1) is 8.47. The lowest BCUT2D eigenvalue weighted by molar-refractivity contribution is 0.636. The van der Waals surface area contributed by atoms with Gasteiger partial charge in [0.05, 0.1) is 0 Å². The lowest BCUT2D eigenvalue weighted by atomic mass is 9.95. The standard InChI is InChI=1S/C15H19FN2/c1-8(2)12-10(4)18-14-11(16)7-6-9(3)13(14)15(12)17-5/h6-8H,1-5H3,(H,17,18). The molecule has 0 spiro atoms. The Morgan fingerprint density at radius 1 is 1.22 bits per heavy atom. The molecule has 0 aliphatic carbocycles. The third-order valence-corrected chi connectivity index (χ3v) is 3.35. The highest BCUT2D eigenvalue weighted by molar-refractivity contribution is 5.96. The van der Waals surface area contributed by atoms with E-state index in [-0.39, 0.29) is 5.82 Å². The summed E-state index contributed by atoms with van der Waals surface area (Å²) in [7, 11) is 1.88. The maximum absolute atomic E-state index is 13.9. The summed E-state index contributed by atoms with van der Waals surface area (Å²) in [6.07, 6.45) is 0. The summed E-state index contributed by atoms with van der Waals surface area (Å²) in [5.74, 6) is 0.0949. The van der Waals surface area contributed by atoms with Gasteiger partial charge in [0.1, 0.15) is 11.3 Å². The van der Waals surface area contributed by atoms with Gasteiger partial charge in [0.2, 0.25) is 0 Å². The number of aromatic nitrogens is 1. The van der Waals surface area contributed by atoms with Crippen molar-refractivity contribution in [3.8, 4) is 0 Å². The molecule has 1 N–H and O–H groups in total. The van der Waals surface area contributed by atoms with E-state index >= 15 is 0 Å². The topological polar surface area (TPSA) is 24.9 Å². The average molecular weight is 246 g/mol. The van der Waals surface area contributed by atoms with Gasteiger partial charge >= 0.3 is 0 Å². The highest BCUT2D eigenvalue weighted by Crippen LogP contribution is 2.35. The van der Waals surface area contributed by atoms with E-state index in [1.165, 1.54) is 11.6 Å². The van der Waals surface area contributed by atoms with Crippen LogP contribution in [0.15, 0.2) is 12.1 Å². The minimum Gasteiger partial charge on any atom is -0.387 e. The summed E-state index contributed by atoms with van der Waals surface area (Å²) in [5.41, 5.74) is 4.57. The van der Waals surface area contributed by atoms with Crippen LogP contribution in [0.4, 0.5) is 10.1 Å². The molecule has 0 aliphatic heterocycles. The molecule has 2 aromatic rings. The summed E-state index contributed by atoms with van der Waals surface area (Å²) >= 11 is 0. The van der Waals surface area contributed by atoms with Gasteiger partial charge < -0.3 is 5.32 Å². The number of halogens is 1. The summed E-state index contributed by atoms with van der Waals surface area (Å²) in [4.78, 5) is 4.45. The van der Waals surface area contributed by atoms with Crippen LogP contribution in [0.1, 0.15) is 36.6 Å². The van der Waals surface area contributed by atoms with Crippen LogP contribution < -0.4 is 5.32 Å². The molecule has 1 aromatic heterocycles. The fourth-order valence-corrected chi connectivity index (χ4v) is 2.60. The molecule has 18 heavy (non-hydrogen) atoms. The van der Waals surface area contributed by atoms with Gasteiger partial charge in [0.25, 0.3) is 0 Å². The Labute approximate surface area is 107 Å². The van der Waals surface area contributed by atoms with Crippen molar-refractivity contribution < 1.29 is 4.39 Å². The predicted molar refractivity (Wildman–Crippen MR) is 74.8 cm³/mol. The van der Waals surface area contributed by atoms with Crippen molar-refractivity contribution in [3.05, 3.63) is 34.8 Å². The minimum atomic E-state index is -0.259. The molecule has 1 aromatic carbocycles. The van der Waals surface area contributed by atoms with Gasteiger partial charge in [-0.3, -0.25) is 0 Å². The van der Waals surface area contributed by atoms with Gasteiger partial charge in [-0.05, 0) is 37.0 Å². The molecular weight excluding hydrogens is 227 g/mol. The number of rotatable bonds is 2. The molecular formula is C15H19FN2. The maximum atomic E-state index is 13.9. The number of anilines is 1. The van der Waals surface area contributed by atoms with Crippen LogP contribution in [0.3, 0.4) is 0 Å². The van der Waals surface area contributed by atoms with Gasteiger partial charge in [-0.1, -0.05) is 19.9 Å². The Hall–Kier alpha value is -1.64. The van der Waals surface area contributed by atoms with Crippen molar-refractivity contribution in [1.29, 1.82) is 0 Å². The zero-order chi connectivity index (χ0) is 13.4. The maximum Gasteiger partial charge on any atom is 0.149 e. The van der Waals surface area contributed by atoms with Gasteiger partial charge in [-0.25, -0.2) is 9.37 Å². The van der Waals surface area contributed by atoms with E-state index < -0.39 is 0 Å². The zero-order valence-corrected chi connectivity index (χ0v) is 11.6. The second-order valence-electron chi connectivity index (χ2n) is 4.98. The van der Waals surface area contributed by atoms with Gasteiger partial charge in [-0.15, -0.1) is 0 Å². The van der Waals surface area contributed by atoms with Crippen molar-refractivity contribution in [2.45, 2.75) is 33.6 Å². The number of benzene rings is 1. The molecule has 1 heterocycles. The Kier molecular flexibility index (Phi) is 3.24. The second-order valence-corrected chi connectivity index (χ2v) is 4.98. The highest BCUT2D eigenvalue weighted by Gasteiger charge is 2.17. The monoisotopic (exact) mass is 246 g/mol. The van der Waals surface area contributed by atoms with E-state index in [1.54, 1.807) is 6.07 Å². The first kappa shape index (κ1) is 12.8. The minimum absolute atomic E-state index is 0.259. The average Bonchev–Trinajstić information content (AvgIpc) is 2.32. The molecule has 3 heteroatoms. The first-order valence-corrected chi connectivity index (χ1v) is 6.24. The van der Waals surface area contributed by atoms with Crippen LogP contribution in [-0.2, 0) is 0 Å². The van der Waals surface area contributed by atoms with E-state index in [0.29, 0.717) is 11.4 Å². The number of fused-ring (bicyclic) bond motifs is 1. The van der Waals surface area contributed by atoms with E-state index in [9.17, 15) is 4.39 Å².